The van der Waals surface area contributed by atoms with E-state index in [0.29, 0.717) is 0 Å². The monoisotopic (exact) mass is 137 g/mol. The van der Waals surface area contributed by atoms with Crippen LogP contribution in [-0.4, -0.2) is 17.2 Å². The maximum absolute atomic E-state index is 9.34. The van der Waals surface area contributed by atoms with E-state index in [1.165, 1.54) is 0 Å². The van der Waals surface area contributed by atoms with Gasteiger partial charge in [0.25, 0.3) is 0 Å². The molecule has 0 aromatic heterocycles. The average molecular weight is 137 g/mol. The van der Waals surface area contributed by atoms with Gasteiger partial charge in [-0.2, -0.15) is 0 Å². The van der Waals surface area contributed by atoms with Gasteiger partial charge in [0.15, 0.2) is 0 Å². The Bertz CT molecular complexity index is 61.2. The molecule has 1 N–H and O–H groups in total. The molecule has 40 valence electrons. The predicted molar refractivity (Wildman–Crippen MR) is 16.7 cm³/mol. The zero-order chi connectivity index (χ0) is 5.15. The van der Waals surface area contributed by atoms with Gasteiger partial charge >= 0.3 is 0 Å². The molecule has 0 heterocycles. The van der Waals surface area contributed by atoms with Gasteiger partial charge < -0.3 is 15.0 Å². The molecular formula is C3H5O3Ti-. The van der Waals surface area contributed by atoms with Crippen LogP contribution >= 0.6 is 0 Å². The molecule has 0 rings (SSSR count). The van der Waals surface area contributed by atoms with Gasteiger partial charge in [-0.25, -0.2) is 0 Å². The second-order valence-electron chi connectivity index (χ2n) is 0.995. The summed E-state index contributed by atoms with van der Waals surface area (Å²) in [5, 5.41) is 17.3. The first-order chi connectivity index (χ1) is 2.64. The van der Waals surface area contributed by atoms with E-state index in [2.05, 4.69) is 0 Å². The molecular weight excluding hydrogens is 132 g/mol. The fourth-order valence-electron chi connectivity index (χ4n) is 0. The summed E-state index contributed by atoms with van der Waals surface area (Å²) in [5.74, 6) is -1.44. The smallest absolute Gasteiger partial charge is 0.0905 e. The molecule has 1 unspecified atom stereocenters. The predicted octanol–water partition coefficient (Wildman–Crippen LogP) is -1.89. The Labute approximate surface area is 56.2 Å². The number of aliphatic hydroxyl groups excluding tert-OH is 1. The van der Waals surface area contributed by atoms with Crippen LogP contribution in [-0.2, 0) is 26.5 Å². The second-order valence-corrected chi connectivity index (χ2v) is 0.995. The Morgan fingerprint density at radius 2 is 2.00 bits per heavy atom. The van der Waals surface area contributed by atoms with Crippen molar-refractivity contribution in [1.82, 2.24) is 0 Å². The second kappa shape index (κ2) is 4.31. The number of hydrogen-bond acceptors (Lipinski definition) is 3. The molecule has 3 nitrogen and oxygen atoms in total. The molecule has 7 heavy (non-hydrogen) atoms. The quantitative estimate of drug-likeness (QED) is 0.430. The van der Waals surface area contributed by atoms with E-state index in [-0.39, 0.29) is 21.7 Å². The standard InChI is InChI=1S/C3H6O3.Ti/c1-2(4)3(5)6;/h2,4H,1H3,(H,5,6);/p-1. The largest absolute Gasteiger partial charge is 0.547 e. The van der Waals surface area contributed by atoms with Crippen molar-refractivity contribution in [3.63, 3.8) is 0 Å². The zero-order valence-corrected chi connectivity index (χ0v) is 5.40. The van der Waals surface area contributed by atoms with Crippen LogP contribution < -0.4 is 5.11 Å². The van der Waals surface area contributed by atoms with Crippen LogP contribution in [0.2, 0.25) is 0 Å². The number of aliphatic hydroxyl groups is 1. The molecule has 0 fully saturated rings. The zero-order valence-electron chi connectivity index (χ0n) is 3.84. The number of aliphatic carboxylic acids is 1. The fraction of sp³-hybridized carbons (Fsp3) is 0.667. The Hall–Kier alpha value is 0.144. The van der Waals surface area contributed by atoms with Crippen LogP contribution in [0.1, 0.15) is 6.92 Å². The molecule has 0 saturated carbocycles. The molecule has 4 heteroatoms. The molecule has 0 aromatic rings. The summed E-state index contributed by atoms with van der Waals surface area (Å²) in [6.45, 7) is 1.13. The maximum Gasteiger partial charge on any atom is 0.0905 e. The normalized spacial score (nSPS) is 11.7. The number of carbonyl (C=O) groups excluding carboxylic acids is 1. The summed E-state index contributed by atoms with van der Waals surface area (Å²) in [7, 11) is 0. The van der Waals surface area contributed by atoms with E-state index in [1.54, 1.807) is 0 Å². The van der Waals surface area contributed by atoms with Crippen LogP contribution in [0.15, 0.2) is 0 Å². The summed E-state index contributed by atoms with van der Waals surface area (Å²) >= 11 is 0. The van der Waals surface area contributed by atoms with E-state index in [0.717, 1.165) is 6.92 Å². The molecule has 0 aliphatic carbocycles. The molecule has 0 aliphatic rings. The number of carbonyl (C=O) groups is 1. The first-order valence-corrected chi connectivity index (χ1v) is 1.53. The summed E-state index contributed by atoms with van der Waals surface area (Å²) in [4.78, 5) is 9.34. The van der Waals surface area contributed by atoms with Gasteiger partial charge in [-0.1, -0.05) is 0 Å². The van der Waals surface area contributed by atoms with E-state index in [4.69, 9.17) is 5.11 Å². The molecule has 0 aromatic carbocycles. The molecule has 0 aliphatic heterocycles. The number of rotatable bonds is 1. The minimum atomic E-state index is -1.44. The minimum absolute atomic E-state index is 0. The topological polar surface area (TPSA) is 60.4 Å². The summed E-state index contributed by atoms with van der Waals surface area (Å²) in [6, 6.07) is 0. The van der Waals surface area contributed by atoms with Gasteiger partial charge in [-0.05, 0) is 6.92 Å². The SMILES string of the molecule is CC(O)C(=O)[O-].[Ti]. The third-order valence-electron chi connectivity index (χ3n) is 0.341. The van der Waals surface area contributed by atoms with Gasteiger partial charge in [-0.15, -0.1) is 0 Å². The number of hydrogen-bond donors (Lipinski definition) is 1. The van der Waals surface area contributed by atoms with E-state index in [9.17, 15) is 9.90 Å². The van der Waals surface area contributed by atoms with Crippen molar-refractivity contribution in [3.05, 3.63) is 0 Å². The van der Waals surface area contributed by atoms with Crippen molar-refractivity contribution in [3.8, 4) is 0 Å². The molecule has 1 atom stereocenters. The Morgan fingerprint density at radius 3 is 2.00 bits per heavy atom. The van der Waals surface area contributed by atoms with Gasteiger partial charge in [0.2, 0.25) is 0 Å². The van der Waals surface area contributed by atoms with Crippen LogP contribution in [0.5, 0.6) is 0 Å². The van der Waals surface area contributed by atoms with Gasteiger partial charge in [-0.3, -0.25) is 0 Å². The van der Waals surface area contributed by atoms with Crippen molar-refractivity contribution in [2.45, 2.75) is 13.0 Å². The van der Waals surface area contributed by atoms with Crippen molar-refractivity contribution < 1.29 is 36.7 Å². The summed E-state index contributed by atoms with van der Waals surface area (Å²) < 4.78 is 0. The third kappa shape index (κ3) is 6.14. The first-order valence-electron chi connectivity index (χ1n) is 1.53. The Kier molecular flexibility index (Phi) is 6.27. The molecule has 0 radical (unpaired) electrons. The van der Waals surface area contributed by atoms with Crippen LogP contribution in [0.25, 0.3) is 0 Å². The van der Waals surface area contributed by atoms with Crippen LogP contribution in [0.3, 0.4) is 0 Å². The van der Waals surface area contributed by atoms with Crippen molar-refractivity contribution >= 4 is 5.97 Å². The van der Waals surface area contributed by atoms with E-state index < -0.39 is 12.1 Å². The van der Waals surface area contributed by atoms with Crippen molar-refractivity contribution in [2.75, 3.05) is 0 Å². The molecule has 0 bridgehead atoms. The van der Waals surface area contributed by atoms with Gasteiger partial charge in [0.1, 0.15) is 0 Å². The third-order valence-corrected chi connectivity index (χ3v) is 0.341. The number of carboxylic acids is 1. The Morgan fingerprint density at radius 1 is 1.86 bits per heavy atom. The summed E-state index contributed by atoms with van der Waals surface area (Å²) in [5.41, 5.74) is 0. The van der Waals surface area contributed by atoms with E-state index in [1.807, 2.05) is 0 Å². The molecule has 0 saturated heterocycles. The first kappa shape index (κ1) is 10.2. The molecule has 0 amide bonds. The Balaban J connectivity index is 0. The van der Waals surface area contributed by atoms with Crippen LogP contribution in [0.4, 0.5) is 0 Å². The molecule has 0 spiro atoms. The van der Waals surface area contributed by atoms with E-state index >= 15 is 0 Å². The summed E-state index contributed by atoms with van der Waals surface area (Å²) in [6.07, 6.45) is -1.34. The maximum atomic E-state index is 9.34. The van der Waals surface area contributed by atoms with Crippen molar-refractivity contribution in [2.24, 2.45) is 0 Å². The average Bonchev–Trinajstić information content (AvgIpc) is 1.36. The van der Waals surface area contributed by atoms with Gasteiger partial charge in [0.05, 0.1) is 12.1 Å². The minimum Gasteiger partial charge on any atom is -0.547 e. The van der Waals surface area contributed by atoms with Crippen LogP contribution in [0, 0.1) is 0 Å². The fourth-order valence-corrected chi connectivity index (χ4v) is 0. The number of carboxylic acid groups (broad SMARTS) is 1. The van der Waals surface area contributed by atoms with Gasteiger partial charge in [0, 0.05) is 21.7 Å². The van der Waals surface area contributed by atoms with Crippen molar-refractivity contribution in [1.29, 1.82) is 0 Å².